The number of hydrogen-bond donors (Lipinski definition) is 3. The lowest BCUT2D eigenvalue weighted by molar-refractivity contribution is -0.00177. The summed E-state index contributed by atoms with van der Waals surface area (Å²) < 4.78 is 15.6. The number of rotatable bonds is 6. The van der Waals surface area contributed by atoms with Crippen LogP contribution in [-0.4, -0.2) is 54.5 Å². The highest BCUT2D eigenvalue weighted by Crippen LogP contribution is 2.26. The fraction of sp³-hybridized carbons (Fsp3) is 0.409. The Morgan fingerprint density at radius 3 is 2.56 bits per heavy atom. The van der Waals surface area contributed by atoms with Gasteiger partial charge in [0.1, 0.15) is 17.9 Å². The summed E-state index contributed by atoms with van der Waals surface area (Å²) in [6.45, 7) is 8.18. The highest BCUT2D eigenvalue weighted by atomic mass is 19.1. The Morgan fingerprint density at radius 1 is 1.22 bits per heavy atom. The third kappa shape index (κ3) is 5.18. The zero-order valence-electron chi connectivity index (χ0n) is 18.6. The van der Waals surface area contributed by atoms with Crippen LogP contribution in [0.25, 0.3) is 17.0 Å². The maximum atomic E-state index is 14.1. The number of carbonyl (C=O) groups excluding carboxylic acids is 1. The van der Waals surface area contributed by atoms with Crippen molar-refractivity contribution < 1.29 is 14.3 Å². The van der Waals surface area contributed by atoms with Gasteiger partial charge in [-0.15, -0.1) is 0 Å². The van der Waals surface area contributed by atoms with Gasteiger partial charge in [-0.2, -0.15) is 10.4 Å². The molecule has 1 unspecified atom stereocenters. The van der Waals surface area contributed by atoms with Gasteiger partial charge in [-0.1, -0.05) is 0 Å². The van der Waals surface area contributed by atoms with Crippen molar-refractivity contribution >= 4 is 17.2 Å². The van der Waals surface area contributed by atoms with Crippen LogP contribution in [0.1, 0.15) is 50.5 Å². The van der Waals surface area contributed by atoms with Crippen LogP contribution >= 0.6 is 0 Å². The van der Waals surface area contributed by atoms with Gasteiger partial charge in [0.05, 0.1) is 47.0 Å². The Balaban J connectivity index is 1.97. The van der Waals surface area contributed by atoms with Gasteiger partial charge in [-0.05, 0) is 40.7 Å². The number of carbonyl (C=O) groups is 1. The lowest BCUT2D eigenvalue weighted by Gasteiger charge is -2.25. The zero-order chi connectivity index (χ0) is 23.7. The quantitative estimate of drug-likeness (QED) is 0.539. The van der Waals surface area contributed by atoms with E-state index in [4.69, 9.17) is 5.26 Å². The summed E-state index contributed by atoms with van der Waals surface area (Å²) >= 11 is 0. The SMILES string of the molecule is CC(C)(C)Nc1cc(-c2cnc3cc(C#N)cnn23)ncc1C(=O)NCC(F)C(C)(C)O. The van der Waals surface area contributed by atoms with E-state index in [1.165, 1.54) is 26.2 Å². The van der Waals surface area contributed by atoms with Gasteiger partial charge in [0.2, 0.25) is 0 Å². The van der Waals surface area contributed by atoms with Crippen LogP contribution in [0.3, 0.4) is 0 Å². The summed E-state index contributed by atoms with van der Waals surface area (Å²) in [4.78, 5) is 21.4. The van der Waals surface area contributed by atoms with Gasteiger partial charge in [0.25, 0.3) is 5.91 Å². The standard InChI is InChI=1S/C22H26FN7O2/c1-21(2,3)29-15-7-16(17-11-26-19-6-13(8-24)9-28-30(17)19)25-10-14(15)20(31)27-12-18(23)22(4,5)32/h6-7,9-11,18,32H,12H2,1-5H3,(H,25,29)(H,27,31). The normalized spacial score (nSPS) is 12.9. The Hall–Kier alpha value is -3.58. The lowest BCUT2D eigenvalue weighted by atomic mass is 10.0. The van der Waals surface area contributed by atoms with E-state index >= 15 is 0 Å². The topological polar surface area (TPSA) is 128 Å². The van der Waals surface area contributed by atoms with E-state index in [2.05, 4.69) is 25.7 Å². The van der Waals surface area contributed by atoms with Crippen LogP contribution in [0.15, 0.2) is 30.7 Å². The Bertz CT molecular complexity index is 1190. The van der Waals surface area contributed by atoms with Crippen molar-refractivity contribution in [2.75, 3.05) is 11.9 Å². The molecule has 0 radical (unpaired) electrons. The molecule has 0 fully saturated rings. The van der Waals surface area contributed by atoms with E-state index in [9.17, 15) is 14.3 Å². The number of anilines is 1. The number of halogens is 1. The number of nitrogens with one attached hydrogen (secondary N) is 2. The van der Waals surface area contributed by atoms with Crippen molar-refractivity contribution in [3.8, 4) is 17.5 Å². The van der Waals surface area contributed by atoms with Gasteiger partial charge in [0, 0.05) is 17.8 Å². The largest absolute Gasteiger partial charge is 0.387 e. The zero-order valence-corrected chi connectivity index (χ0v) is 18.6. The third-order valence-electron chi connectivity index (χ3n) is 4.62. The van der Waals surface area contributed by atoms with Crippen LogP contribution in [0.4, 0.5) is 10.1 Å². The molecule has 3 aromatic heterocycles. The van der Waals surface area contributed by atoms with Crippen LogP contribution in [0, 0.1) is 11.3 Å². The molecular formula is C22H26FN7O2. The third-order valence-corrected chi connectivity index (χ3v) is 4.62. The molecule has 0 saturated carbocycles. The fourth-order valence-corrected chi connectivity index (χ4v) is 2.92. The van der Waals surface area contributed by atoms with Crippen LogP contribution in [-0.2, 0) is 0 Å². The molecule has 1 amide bonds. The number of aromatic nitrogens is 4. The second kappa shape index (κ2) is 8.51. The van der Waals surface area contributed by atoms with Crippen molar-refractivity contribution in [1.82, 2.24) is 24.9 Å². The van der Waals surface area contributed by atoms with Crippen LogP contribution in [0.5, 0.6) is 0 Å². The maximum Gasteiger partial charge on any atom is 0.255 e. The molecule has 0 aliphatic heterocycles. The van der Waals surface area contributed by atoms with Gasteiger partial charge in [-0.3, -0.25) is 9.78 Å². The minimum Gasteiger partial charge on any atom is -0.387 e. The average Bonchev–Trinajstić information content (AvgIpc) is 3.12. The van der Waals surface area contributed by atoms with E-state index in [1.54, 1.807) is 22.8 Å². The lowest BCUT2D eigenvalue weighted by Crippen LogP contribution is -2.42. The number of nitrogens with zero attached hydrogens (tertiary/aromatic N) is 5. The molecule has 3 aromatic rings. The van der Waals surface area contributed by atoms with Crippen LogP contribution in [0.2, 0.25) is 0 Å². The summed E-state index contributed by atoms with van der Waals surface area (Å²) in [5.41, 5.74) is 0.779. The molecule has 3 rings (SSSR count). The number of imidazole rings is 1. The molecule has 0 bridgehead atoms. The van der Waals surface area contributed by atoms with Crippen molar-refractivity contribution in [2.24, 2.45) is 0 Å². The van der Waals surface area contributed by atoms with Gasteiger partial charge in [0.15, 0.2) is 5.65 Å². The first-order chi connectivity index (χ1) is 14.9. The molecule has 0 aliphatic rings. The molecular weight excluding hydrogens is 413 g/mol. The Labute approximate surface area is 185 Å². The predicted octanol–water partition coefficient (Wildman–Crippen LogP) is 2.71. The molecule has 32 heavy (non-hydrogen) atoms. The Morgan fingerprint density at radius 2 is 1.94 bits per heavy atom. The van der Waals surface area contributed by atoms with Gasteiger partial charge < -0.3 is 15.7 Å². The summed E-state index contributed by atoms with van der Waals surface area (Å²) in [6, 6.07) is 5.34. The maximum absolute atomic E-state index is 14.1. The molecule has 3 heterocycles. The molecule has 10 heteroatoms. The molecule has 0 saturated heterocycles. The number of fused-ring (bicyclic) bond motifs is 1. The van der Waals surface area contributed by atoms with E-state index in [1.807, 2.05) is 26.8 Å². The molecule has 0 spiro atoms. The first kappa shape index (κ1) is 23.1. The number of amides is 1. The van der Waals surface area contributed by atoms with E-state index in [0.717, 1.165) is 0 Å². The highest BCUT2D eigenvalue weighted by molar-refractivity contribution is 6.00. The summed E-state index contributed by atoms with van der Waals surface area (Å²) in [7, 11) is 0. The number of hydrogen-bond acceptors (Lipinski definition) is 7. The molecule has 9 nitrogen and oxygen atoms in total. The van der Waals surface area contributed by atoms with E-state index in [0.29, 0.717) is 28.3 Å². The fourth-order valence-electron chi connectivity index (χ4n) is 2.92. The number of aliphatic hydroxyl groups is 1. The smallest absolute Gasteiger partial charge is 0.255 e. The first-order valence-corrected chi connectivity index (χ1v) is 10.1. The van der Waals surface area contributed by atoms with E-state index in [-0.39, 0.29) is 17.6 Å². The second-order valence-corrected chi connectivity index (χ2v) is 9.09. The second-order valence-electron chi connectivity index (χ2n) is 9.09. The number of nitriles is 1. The summed E-state index contributed by atoms with van der Waals surface area (Å²) in [5.74, 6) is -0.516. The Kier molecular flexibility index (Phi) is 6.14. The molecule has 1 atom stereocenters. The number of pyridine rings is 1. The first-order valence-electron chi connectivity index (χ1n) is 10.1. The monoisotopic (exact) mass is 439 g/mol. The molecule has 3 N–H and O–H groups in total. The minimum absolute atomic E-state index is 0.236. The average molecular weight is 439 g/mol. The molecule has 168 valence electrons. The van der Waals surface area contributed by atoms with Gasteiger partial charge in [-0.25, -0.2) is 13.9 Å². The summed E-state index contributed by atoms with van der Waals surface area (Å²) in [5, 5.41) is 28.8. The van der Waals surface area contributed by atoms with Crippen LogP contribution < -0.4 is 10.6 Å². The van der Waals surface area contributed by atoms with Gasteiger partial charge >= 0.3 is 0 Å². The predicted molar refractivity (Wildman–Crippen MR) is 118 cm³/mol. The highest BCUT2D eigenvalue weighted by Gasteiger charge is 2.27. The molecule has 0 aliphatic carbocycles. The molecule has 0 aromatic carbocycles. The number of alkyl halides is 1. The summed E-state index contributed by atoms with van der Waals surface area (Å²) in [6.07, 6.45) is 2.80. The van der Waals surface area contributed by atoms with Crippen molar-refractivity contribution in [3.63, 3.8) is 0 Å². The minimum atomic E-state index is -1.62. The van der Waals surface area contributed by atoms with Crippen molar-refractivity contribution in [1.29, 1.82) is 5.26 Å². The van der Waals surface area contributed by atoms with Crippen molar-refractivity contribution in [2.45, 2.75) is 51.9 Å². The van der Waals surface area contributed by atoms with E-state index < -0.39 is 17.7 Å². The van der Waals surface area contributed by atoms with Crippen molar-refractivity contribution in [3.05, 3.63) is 41.9 Å².